The fraction of sp³-hybridized carbons (Fsp3) is 0.412. The quantitative estimate of drug-likeness (QED) is 0.782. The summed E-state index contributed by atoms with van der Waals surface area (Å²) in [6.45, 7) is 8.06. The molecule has 1 aromatic rings. The molecule has 5 heteroatoms. The smallest absolute Gasteiger partial charge is 0.119 e. The lowest BCUT2D eigenvalue weighted by Crippen LogP contribution is -2.40. The molecule has 1 aliphatic heterocycles. The summed E-state index contributed by atoms with van der Waals surface area (Å²) in [5.74, 6) is 0.820. The fourth-order valence-electron chi connectivity index (χ4n) is 2.16. The lowest BCUT2D eigenvalue weighted by molar-refractivity contribution is 0.0223. The van der Waals surface area contributed by atoms with Crippen molar-refractivity contribution in [3.05, 3.63) is 48.6 Å². The summed E-state index contributed by atoms with van der Waals surface area (Å²) in [5.41, 5.74) is 1.04. The average Bonchev–Trinajstić information content (AvgIpc) is 2.53. The molecule has 0 amide bonds. The second kappa shape index (κ2) is 10.4. The molecule has 4 nitrogen and oxygen atoms in total. The van der Waals surface area contributed by atoms with Gasteiger partial charge in [0.25, 0.3) is 0 Å². The zero-order valence-electron chi connectivity index (χ0n) is 12.7. The van der Waals surface area contributed by atoms with E-state index in [4.69, 9.17) is 9.47 Å². The van der Waals surface area contributed by atoms with Gasteiger partial charge in [-0.15, -0.1) is 12.4 Å². The molecule has 2 rings (SSSR count). The van der Waals surface area contributed by atoms with Gasteiger partial charge in [-0.25, -0.2) is 0 Å². The Morgan fingerprint density at radius 2 is 1.95 bits per heavy atom. The highest BCUT2D eigenvalue weighted by Gasteiger charge is 2.12. The van der Waals surface area contributed by atoms with E-state index < -0.39 is 6.10 Å². The van der Waals surface area contributed by atoms with Crippen molar-refractivity contribution < 1.29 is 14.6 Å². The molecule has 1 heterocycles. The second-order valence-corrected chi connectivity index (χ2v) is 5.01. The zero-order chi connectivity index (χ0) is 14.9. The Hall–Kier alpha value is -1.33. The van der Waals surface area contributed by atoms with Crippen LogP contribution in [0.3, 0.4) is 0 Å². The summed E-state index contributed by atoms with van der Waals surface area (Å²) >= 11 is 0. The maximum atomic E-state index is 10.0. The molecule has 0 aliphatic carbocycles. The Bertz CT molecular complexity index is 455. The number of aliphatic hydroxyl groups excluding tert-OH is 1. The van der Waals surface area contributed by atoms with Crippen LogP contribution in [-0.2, 0) is 4.74 Å². The highest BCUT2D eigenvalue weighted by molar-refractivity contribution is 5.85. The lowest BCUT2D eigenvalue weighted by Gasteiger charge is -2.27. The highest BCUT2D eigenvalue weighted by atomic mass is 35.5. The van der Waals surface area contributed by atoms with E-state index in [1.807, 2.05) is 36.4 Å². The van der Waals surface area contributed by atoms with Crippen LogP contribution in [0.15, 0.2) is 43.0 Å². The topological polar surface area (TPSA) is 41.9 Å². The van der Waals surface area contributed by atoms with Gasteiger partial charge in [0.05, 0.1) is 19.3 Å². The molecule has 0 bridgehead atoms. The third-order valence-electron chi connectivity index (χ3n) is 3.31. The molecule has 1 fully saturated rings. The van der Waals surface area contributed by atoms with E-state index in [2.05, 4.69) is 11.5 Å². The SMILES string of the molecule is C=CCOc1ccc(C=CC(O)CN2CCOCC2)cc1.Cl. The number of morpholine rings is 1. The second-order valence-electron chi connectivity index (χ2n) is 5.01. The van der Waals surface area contributed by atoms with Gasteiger partial charge in [0, 0.05) is 19.6 Å². The minimum atomic E-state index is -0.459. The molecule has 1 aliphatic rings. The van der Waals surface area contributed by atoms with E-state index in [0.717, 1.165) is 37.6 Å². The minimum absolute atomic E-state index is 0. The Morgan fingerprint density at radius 1 is 1.27 bits per heavy atom. The largest absolute Gasteiger partial charge is 0.490 e. The van der Waals surface area contributed by atoms with Gasteiger partial charge in [0.1, 0.15) is 12.4 Å². The molecule has 1 saturated heterocycles. The van der Waals surface area contributed by atoms with Gasteiger partial charge in [0.15, 0.2) is 0 Å². The van der Waals surface area contributed by atoms with Gasteiger partial charge in [-0.3, -0.25) is 4.90 Å². The van der Waals surface area contributed by atoms with Crippen molar-refractivity contribution in [1.29, 1.82) is 0 Å². The molecule has 1 N–H and O–H groups in total. The van der Waals surface area contributed by atoms with Gasteiger partial charge in [-0.05, 0) is 17.7 Å². The number of hydrogen-bond donors (Lipinski definition) is 1. The van der Waals surface area contributed by atoms with E-state index in [1.165, 1.54) is 0 Å². The summed E-state index contributed by atoms with van der Waals surface area (Å²) in [6, 6.07) is 7.77. The first-order valence-corrected chi connectivity index (χ1v) is 7.28. The number of aliphatic hydroxyl groups is 1. The zero-order valence-corrected chi connectivity index (χ0v) is 13.5. The molecule has 1 unspecified atom stereocenters. The average molecular weight is 326 g/mol. The molecule has 0 spiro atoms. The number of halogens is 1. The monoisotopic (exact) mass is 325 g/mol. The Morgan fingerprint density at radius 3 is 2.59 bits per heavy atom. The summed E-state index contributed by atoms with van der Waals surface area (Å²) in [4.78, 5) is 2.21. The van der Waals surface area contributed by atoms with E-state index in [0.29, 0.717) is 13.2 Å². The predicted octanol–water partition coefficient (Wildman–Crippen LogP) is 2.38. The number of hydrogen-bond acceptors (Lipinski definition) is 4. The Balaban J connectivity index is 0.00000242. The number of nitrogens with zero attached hydrogens (tertiary/aromatic N) is 1. The first-order valence-electron chi connectivity index (χ1n) is 7.28. The van der Waals surface area contributed by atoms with Crippen LogP contribution < -0.4 is 4.74 Å². The maximum Gasteiger partial charge on any atom is 0.119 e. The molecule has 1 aromatic carbocycles. The molecule has 0 saturated carbocycles. The Labute approximate surface area is 138 Å². The molecular formula is C17H24ClNO3. The summed E-state index contributed by atoms with van der Waals surface area (Å²) in [7, 11) is 0. The fourth-order valence-corrected chi connectivity index (χ4v) is 2.16. The number of ether oxygens (including phenoxy) is 2. The van der Waals surface area contributed by atoms with Crippen molar-refractivity contribution >= 4 is 18.5 Å². The van der Waals surface area contributed by atoms with Gasteiger partial charge in [-0.2, -0.15) is 0 Å². The third-order valence-corrected chi connectivity index (χ3v) is 3.31. The molecule has 0 radical (unpaired) electrons. The van der Waals surface area contributed by atoms with Crippen LogP contribution in [0.5, 0.6) is 5.75 Å². The van der Waals surface area contributed by atoms with E-state index in [1.54, 1.807) is 6.08 Å². The van der Waals surface area contributed by atoms with E-state index in [-0.39, 0.29) is 12.4 Å². The van der Waals surface area contributed by atoms with Crippen LogP contribution in [0.25, 0.3) is 6.08 Å². The van der Waals surface area contributed by atoms with Gasteiger partial charge in [0.2, 0.25) is 0 Å². The van der Waals surface area contributed by atoms with Crippen molar-refractivity contribution in [1.82, 2.24) is 4.90 Å². The number of rotatable bonds is 7. The van der Waals surface area contributed by atoms with Crippen LogP contribution in [0, 0.1) is 0 Å². The molecule has 0 aromatic heterocycles. The Kier molecular flexibility index (Phi) is 8.85. The standard InChI is InChI=1S/C17H23NO3.ClH/c1-2-11-21-17-7-4-15(5-8-17)3-6-16(19)14-18-9-12-20-13-10-18;/h2-8,16,19H,1,9-14H2;1H. The van der Waals surface area contributed by atoms with Crippen LogP contribution in [0.2, 0.25) is 0 Å². The first-order chi connectivity index (χ1) is 10.3. The number of β-amino-alcohol motifs (C(OH)–C–C–N with tert-alkyl or cyclic N) is 1. The van der Waals surface area contributed by atoms with Gasteiger partial charge >= 0.3 is 0 Å². The van der Waals surface area contributed by atoms with Crippen molar-refractivity contribution in [2.75, 3.05) is 39.5 Å². The summed E-state index contributed by atoms with van der Waals surface area (Å²) < 4.78 is 10.7. The molecule has 122 valence electrons. The molecule has 22 heavy (non-hydrogen) atoms. The lowest BCUT2D eigenvalue weighted by atomic mass is 10.1. The molecule has 1 atom stereocenters. The van der Waals surface area contributed by atoms with Crippen molar-refractivity contribution in [3.8, 4) is 5.75 Å². The van der Waals surface area contributed by atoms with E-state index >= 15 is 0 Å². The molecular weight excluding hydrogens is 302 g/mol. The minimum Gasteiger partial charge on any atom is -0.490 e. The van der Waals surface area contributed by atoms with Crippen molar-refractivity contribution in [2.24, 2.45) is 0 Å². The van der Waals surface area contributed by atoms with Crippen LogP contribution in [0.1, 0.15) is 5.56 Å². The van der Waals surface area contributed by atoms with E-state index in [9.17, 15) is 5.11 Å². The first kappa shape index (κ1) is 18.7. The van der Waals surface area contributed by atoms with Gasteiger partial charge < -0.3 is 14.6 Å². The number of benzene rings is 1. The van der Waals surface area contributed by atoms with Crippen molar-refractivity contribution in [3.63, 3.8) is 0 Å². The van der Waals surface area contributed by atoms with Crippen LogP contribution in [-0.4, -0.2) is 55.6 Å². The predicted molar refractivity (Wildman–Crippen MR) is 91.7 cm³/mol. The third kappa shape index (κ3) is 6.62. The highest BCUT2D eigenvalue weighted by Crippen LogP contribution is 2.13. The van der Waals surface area contributed by atoms with Gasteiger partial charge in [-0.1, -0.05) is 36.9 Å². The van der Waals surface area contributed by atoms with Crippen molar-refractivity contribution in [2.45, 2.75) is 6.10 Å². The normalized spacial score (nSPS) is 17.0. The summed E-state index contributed by atoms with van der Waals surface area (Å²) in [5, 5.41) is 10.0. The van der Waals surface area contributed by atoms with Crippen LogP contribution in [0.4, 0.5) is 0 Å². The summed E-state index contributed by atoms with van der Waals surface area (Å²) in [6.07, 6.45) is 5.02. The van der Waals surface area contributed by atoms with Crippen LogP contribution >= 0.6 is 12.4 Å². The maximum absolute atomic E-state index is 10.0.